The van der Waals surface area contributed by atoms with E-state index in [-0.39, 0.29) is 0 Å². The average molecular weight is 210 g/mol. The maximum absolute atomic E-state index is 10.2. The van der Waals surface area contributed by atoms with E-state index in [4.69, 9.17) is 9.47 Å². The molecule has 1 rings (SSSR count). The van der Waals surface area contributed by atoms with Gasteiger partial charge in [-0.15, -0.1) is 0 Å². The summed E-state index contributed by atoms with van der Waals surface area (Å²) in [5.74, 6) is 0.974. The highest BCUT2D eigenvalue weighted by molar-refractivity contribution is 5.71. The Balaban J connectivity index is 2.91. The number of anilines is 1. The Morgan fingerprint density at radius 1 is 1.40 bits per heavy atom. The fourth-order valence-electron chi connectivity index (χ4n) is 1.08. The van der Waals surface area contributed by atoms with E-state index in [1.807, 2.05) is 13.8 Å². The quantitative estimate of drug-likeness (QED) is 0.722. The van der Waals surface area contributed by atoms with Crippen molar-refractivity contribution in [2.45, 2.75) is 13.8 Å². The molecule has 0 aliphatic carbocycles. The number of hydrogen-bond donors (Lipinski definition) is 1. The molecule has 5 heteroatoms. The molecule has 82 valence electrons. The topological polar surface area (TPSA) is 60.5 Å². The zero-order valence-electron chi connectivity index (χ0n) is 8.82. The van der Waals surface area contributed by atoms with Crippen LogP contribution in [-0.2, 0) is 4.79 Å². The molecule has 0 aliphatic heterocycles. The van der Waals surface area contributed by atoms with Crippen molar-refractivity contribution in [1.82, 2.24) is 4.98 Å². The lowest BCUT2D eigenvalue weighted by molar-refractivity contribution is -0.105. The minimum absolute atomic E-state index is 0.441. The molecule has 15 heavy (non-hydrogen) atoms. The van der Waals surface area contributed by atoms with Gasteiger partial charge in [0, 0.05) is 6.07 Å². The Labute approximate surface area is 88.4 Å². The summed E-state index contributed by atoms with van der Waals surface area (Å²) < 4.78 is 10.6. The first-order valence-electron chi connectivity index (χ1n) is 4.77. The van der Waals surface area contributed by atoms with Crippen LogP contribution in [-0.4, -0.2) is 24.6 Å². The van der Waals surface area contributed by atoms with Crippen molar-refractivity contribution >= 4 is 12.1 Å². The van der Waals surface area contributed by atoms with E-state index in [1.54, 1.807) is 6.07 Å². The molecule has 0 aromatic carbocycles. The molecule has 0 bridgehead atoms. The molecular formula is C10H14N2O3. The lowest BCUT2D eigenvalue weighted by Gasteiger charge is -2.10. The fraction of sp³-hybridized carbons (Fsp3) is 0.400. The smallest absolute Gasteiger partial charge is 0.257 e. The second kappa shape index (κ2) is 5.85. The van der Waals surface area contributed by atoms with Crippen molar-refractivity contribution < 1.29 is 14.3 Å². The van der Waals surface area contributed by atoms with Crippen molar-refractivity contribution in [2.75, 3.05) is 18.5 Å². The predicted octanol–water partition coefficient (Wildman–Crippen LogP) is 1.45. The van der Waals surface area contributed by atoms with Crippen molar-refractivity contribution in [3.8, 4) is 11.6 Å². The van der Waals surface area contributed by atoms with Gasteiger partial charge in [0.25, 0.3) is 5.88 Å². The highest BCUT2D eigenvalue weighted by Crippen LogP contribution is 2.27. The number of hydrogen-bond acceptors (Lipinski definition) is 4. The number of aromatic nitrogens is 1. The maximum Gasteiger partial charge on any atom is 0.257 e. The average Bonchev–Trinajstić information content (AvgIpc) is 2.23. The number of carbonyl (C=O) groups excluding carboxylic acids is 1. The van der Waals surface area contributed by atoms with Crippen molar-refractivity contribution in [3.63, 3.8) is 0 Å². The standard InChI is InChI=1S/C10H14N2O3/c1-3-14-9-5-8(12-7-13)6-11-10(9)15-4-2/h5-7H,3-4H2,1-2H3,(H,12,13). The van der Waals surface area contributed by atoms with E-state index in [2.05, 4.69) is 10.3 Å². The van der Waals surface area contributed by atoms with Gasteiger partial charge in [-0.2, -0.15) is 0 Å². The van der Waals surface area contributed by atoms with Gasteiger partial charge in [-0.05, 0) is 13.8 Å². The molecule has 1 amide bonds. The third-order valence-corrected chi connectivity index (χ3v) is 1.62. The summed E-state index contributed by atoms with van der Waals surface area (Å²) in [6, 6.07) is 1.68. The van der Waals surface area contributed by atoms with Gasteiger partial charge in [-0.1, -0.05) is 0 Å². The summed E-state index contributed by atoms with van der Waals surface area (Å²) in [5, 5.41) is 2.50. The van der Waals surface area contributed by atoms with Crippen LogP contribution < -0.4 is 14.8 Å². The number of rotatable bonds is 6. The second-order valence-electron chi connectivity index (χ2n) is 2.66. The first-order chi connectivity index (χ1) is 7.31. The molecule has 0 atom stereocenters. The summed E-state index contributed by atoms with van der Waals surface area (Å²) in [7, 11) is 0. The molecule has 5 nitrogen and oxygen atoms in total. The van der Waals surface area contributed by atoms with Crippen LogP contribution in [0.3, 0.4) is 0 Å². The van der Waals surface area contributed by atoms with Crippen LogP contribution in [0.2, 0.25) is 0 Å². The van der Waals surface area contributed by atoms with Crippen LogP contribution in [0.1, 0.15) is 13.8 Å². The van der Waals surface area contributed by atoms with Gasteiger partial charge >= 0.3 is 0 Å². The number of amides is 1. The van der Waals surface area contributed by atoms with Crippen LogP contribution in [0, 0.1) is 0 Å². The van der Waals surface area contributed by atoms with Crippen molar-refractivity contribution in [3.05, 3.63) is 12.3 Å². The molecule has 0 radical (unpaired) electrons. The summed E-state index contributed by atoms with van der Waals surface area (Å²) in [6.07, 6.45) is 2.11. The third kappa shape index (κ3) is 3.12. The zero-order valence-corrected chi connectivity index (χ0v) is 8.82. The summed E-state index contributed by atoms with van der Waals surface area (Å²) in [6.45, 7) is 4.78. The highest BCUT2D eigenvalue weighted by atomic mass is 16.5. The van der Waals surface area contributed by atoms with E-state index in [0.717, 1.165) is 0 Å². The van der Waals surface area contributed by atoms with Gasteiger partial charge < -0.3 is 14.8 Å². The predicted molar refractivity (Wildman–Crippen MR) is 56.3 cm³/mol. The SMILES string of the molecule is CCOc1cc(NC=O)cnc1OCC. The van der Waals surface area contributed by atoms with Crippen LogP contribution in [0.4, 0.5) is 5.69 Å². The van der Waals surface area contributed by atoms with Gasteiger partial charge in [0.1, 0.15) is 0 Å². The van der Waals surface area contributed by atoms with E-state index in [9.17, 15) is 4.79 Å². The van der Waals surface area contributed by atoms with E-state index in [1.165, 1.54) is 6.20 Å². The first-order valence-corrected chi connectivity index (χ1v) is 4.77. The fourth-order valence-corrected chi connectivity index (χ4v) is 1.08. The van der Waals surface area contributed by atoms with E-state index >= 15 is 0 Å². The van der Waals surface area contributed by atoms with Crippen LogP contribution in [0.25, 0.3) is 0 Å². The molecule has 1 aromatic heterocycles. The van der Waals surface area contributed by atoms with Crippen LogP contribution in [0.5, 0.6) is 11.6 Å². The Hall–Kier alpha value is -1.78. The number of carbonyl (C=O) groups is 1. The van der Waals surface area contributed by atoms with E-state index < -0.39 is 0 Å². The molecule has 0 saturated heterocycles. The lowest BCUT2D eigenvalue weighted by atomic mass is 10.4. The summed E-state index contributed by atoms with van der Waals surface area (Å²) >= 11 is 0. The van der Waals surface area contributed by atoms with Crippen LogP contribution >= 0.6 is 0 Å². The third-order valence-electron chi connectivity index (χ3n) is 1.62. The maximum atomic E-state index is 10.2. The number of ether oxygens (including phenoxy) is 2. The molecule has 1 aromatic rings. The van der Waals surface area contributed by atoms with Gasteiger partial charge in [0.2, 0.25) is 6.41 Å². The van der Waals surface area contributed by atoms with Crippen LogP contribution in [0.15, 0.2) is 12.3 Å². The molecule has 1 heterocycles. The molecule has 1 N–H and O–H groups in total. The number of pyridine rings is 1. The monoisotopic (exact) mass is 210 g/mol. The zero-order chi connectivity index (χ0) is 11.1. The highest BCUT2D eigenvalue weighted by Gasteiger charge is 2.07. The molecule has 0 spiro atoms. The molecular weight excluding hydrogens is 196 g/mol. The van der Waals surface area contributed by atoms with Gasteiger partial charge in [-0.3, -0.25) is 4.79 Å². The lowest BCUT2D eigenvalue weighted by Crippen LogP contribution is -2.02. The Kier molecular flexibility index (Phi) is 4.40. The Morgan fingerprint density at radius 2 is 2.13 bits per heavy atom. The second-order valence-corrected chi connectivity index (χ2v) is 2.66. The van der Waals surface area contributed by atoms with Crippen molar-refractivity contribution in [1.29, 1.82) is 0 Å². The minimum atomic E-state index is 0.441. The summed E-state index contributed by atoms with van der Waals surface area (Å²) in [4.78, 5) is 14.3. The summed E-state index contributed by atoms with van der Waals surface area (Å²) in [5.41, 5.74) is 0.580. The Bertz CT molecular complexity index is 328. The van der Waals surface area contributed by atoms with Gasteiger partial charge in [-0.25, -0.2) is 4.98 Å². The van der Waals surface area contributed by atoms with Gasteiger partial charge in [0.15, 0.2) is 5.75 Å². The van der Waals surface area contributed by atoms with Gasteiger partial charge in [0.05, 0.1) is 25.1 Å². The van der Waals surface area contributed by atoms with Crippen molar-refractivity contribution in [2.24, 2.45) is 0 Å². The minimum Gasteiger partial charge on any atom is -0.488 e. The van der Waals surface area contributed by atoms with E-state index in [0.29, 0.717) is 36.9 Å². The number of nitrogens with zero attached hydrogens (tertiary/aromatic N) is 1. The molecule has 0 saturated carbocycles. The molecule has 0 fully saturated rings. The molecule has 0 aliphatic rings. The number of nitrogens with one attached hydrogen (secondary N) is 1. The normalized spacial score (nSPS) is 9.47. The first kappa shape index (κ1) is 11.3. The Morgan fingerprint density at radius 3 is 2.73 bits per heavy atom. The largest absolute Gasteiger partial charge is 0.488 e. The molecule has 0 unspecified atom stereocenters.